The predicted octanol–water partition coefficient (Wildman–Crippen LogP) is -2.31. The number of aliphatic hydroxyl groups is 1. The minimum atomic E-state index is -1.41. The maximum atomic E-state index is 12.1. The van der Waals surface area contributed by atoms with Gasteiger partial charge in [0.15, 0.2) is 6.04 Å². The van der Waals surface area contributed by atoms with Gasteiger partial charge in [0.2, 0.25) is 0 Å². The van der Waals surface area contributed by atoms with E-state index in [4.69, 9.17) is 0 Å². The van der Waals surface area contributed by atoms with Crippen LogP contribution < -0.4 is 16.2 Å². The molecule has 140 valence electrons. The van der Waals surface area contributed by atoms with Crippen molar-refractivity contribution in [3.8, 4) is 0 Å². The molecule has 0 aliphatic heterocycles. The number of hydrogen-bond donors (Lipinski definition) is 3. The summed E-state index contributed by atoms with van der Waals surface area (Å²) in [6, 6.07) is 2.68. The number of benzene rings is 1. The van der Waals surface area contributed by atoms with Gasteiger partial charge in [-0.15, -0.1) is 0 Å². The third-order valence-corrected chi connectivity index (χ3v) is 3.47. The molecule has 0 aliphatic rings. The minimum Gasteiger partial charge on any atom is -0.548 e. The molecule has 0 heterocycles. The van der Waals surface area contributed by atoms with E-state index in [1.54, 1.807) is 13.8 Å². The van der Waals surface area contributed by atoms with Crippen LogP contribution in [0.5, 0.6) is 0 Å². The summed E-state index contributed by atoms with van der Waals surface area (Å²) in [4.78, 5) is 33.2. The Morgan fingerprint density at radius 2 is 1.80 bits per heavy atom. The Balaban J connectivity index is 0.00000576. The third-order valence-electron chi connectivity index (χ3n) is 3.47. The van der Waals surface area contributed by atoms with E-state index >= 15 is 0 Å². The van der Waals surface area contributed by atoms with Crippen LogP contribution in [0, 0.1) is 16.0 Å². The maximum Gasteiger partial charge on any atom is 0.281 e. The molecule has 0 aliphatic carbocycles. The lowest BCUT2D eigenvalue weighted by Crippen LogP contribution is -2.71. The Labute approximate surface area is 144 Å². The van der Waals surface area contributed by atoms with Crippen molar-refractivity contribution in [2.24, 2.45) is 5.92 Å². The molecule has 0 saturated carbocycles. The molecule has 0 unspecified atom stereocenters. The summed E-state index contributed by atoms with van der Waals surface area (Å²) in [6.45, 7) is 3.60. The van der Waals surface area contributed by atoms with Crippen LogP contribution in [0.3, 0.4) is 0 Å². The summed E-state index contributed by atoms with van der Waals surface area (Å²) in [5.41, 5.74) is 3.67. The number of rotatable bonds is 8. The highest BCUT2D eigenvalue weighted by molar-refractivity contribution is 5.85. The zero-order chi connectivity index (χ0) is 18.4. The first-order valence-electron chi connectivity index (χ1n) is 7.40. The van der Waals surface area contributed by atoms with E-state index in [1.807, 2.05) is 0 Å². The Morgan fingerprint density at radius 3 is 2.20 bits per heavy atom. The zero-order valence-electron chi connectivity index (χ0n) is 14.0. The predicted molar refractivity (Wildman–Crippen MR) is 84.7 cm³/mol. The van der Waals surface area contributed by atoms with Crippen molar-refractivity contribution in [1.82, 2.24) is 5.32 Å². The Bertz CT molecular complexity index is 604. The van der Waals surface area contributed by atoms with E-state index in [0.29, 0.717) is 0 Å². The van der Waals surface area contributed by atoms with Gasteiger partial charge in [-0.3, -0.25) is 14.9 Å². The molecule has 10 heteroatoms. The fraction of sp³-hybridized carbons (Fsp3) is 0.467. The summed E-state index contributed by atoms with van der Waals surface area (Å²) in [7, 11) is 0. The van der Waals surface area contributed by atoms with Gasteiger partial charge in [0.05, 0.1) is 16.9 Å². The quantitative estimate of drug-likeness (QED) is 0.345. The first-order valence-corrected chi connectivity index (χ1v) is 7.40. The highest BCUT2D eigenvalue weighted by Gasteiger charge is 2.30. The number of amides is 1. The molecule has 3 atom stereocenters. The van der Waals surface area contributed by atoms with Crippen molar-refractivity contribution < 1.29 is 35.9 Å². The number of hydrogen-bond acceptors (Lipinski definition) is 6. The highest BCUT2D eigenvalue weighted by atomic mass is 16.6. The number of aliphatic carboxylic acids is 1. The second kappa shape index (κ2) is 9.67. The average molecular weight is 357 g/mol. The lowest BCUT2D eigenvalue weighted by atomic mass is 10.00. The number of carbonyl (C=O) groups excluding carboxylic acids is 2. The number of carboxylic acid groups (broad SMARTS) is 1. The van der Waals surface area contributed by atoms with Crippen molar-refractivity contribution in [2.75, 3.05) is 0 Å². The molecule has 1 aromatic rings. The van der Waals surface area contributed by atoms with Crippen molar-refractivity contribution in [3.63, 3.8) is 0 Å². The molecule has 10 nitrogen and oxygen atoms in total. The van der Waals surface area contributed by atoms with Gasteiger partial charge in [0.25, 0.3) is 11.6 Å². The monoisotopic (exact) mass is 357 g/mol. The molecule has 7 N–H and O–H groups in total. The van der Waals surface area contributed by atoms with Crippen LogP contribution in [0.2, 0.25) is 0 Å². The first kappa shape index (κ1) is 22.4. The number of nitrogens with one attached hydrogen (secondary N) is 1. The number of nitro benzene ring substituents is 1. The van der Waals surface area contributed by atoms with Crippen LogP contribution in [-0.2, 0) is 9.59 Å². The van der Waals surface area contributed by atoms with Crippen LogP contribution in [-0.4, -0.2) is 39.5 Å². The molecule has 0 bridgehead atoms. The average Bonchev–Trinajstić information content (AvgIpc) is 2.52. The van der Waals surface area contributed by atoms with Gasteiger partial charge in [-0.25, -0.2) is 0 Å². The topological polar surface area (TPSA) is 192 Å². The SMILES string of the molecule is CC(C)C[C@@H](NC(=O)[C@@H]([NH3+])[C@H](O)c1ccc([N+](=O)[O-])cc1)C(=O)[O-].O. The summed E-state index contributed by atoms with van der Waals surface area (Å²) in [5, 5.41) is 34.1. The Hall–Kier alpha value is -2.56. The van der Waals surface area contributed by atoms with Crippen LogP contribution in [0.15, 0.2) is 24.3 Å². The lowest BCUT2D eigenvalue weighted by molar-refractivity contribution is -0.422. The van der Waals surface area contributed by atoms with E-state index in [0.717, 1.165) is 0 Å². The van der Waals surface area contributed by atoms with Gasteiger partial charge in [0, 0.05) is 12.1 Å². The van der Waals surface area contributed by atoms with Crippen molar-refractivity contribution in [1.29, 1.82) is 0 Å². The van der Waals surface area contributed by atoms with Gasteiger partial charge >= 0.3 is 0 Å². The van der Waals surface area contributed by atoms with Gasteiger partial charge in [-0.05, 0) is 30.0 Å². The van der Waals surface area contributed by atoms with E-state index in [-0.39, 0.29) is 29.1 Å². The summed E-state index contributed by atoms with van der Waals surface area (Å²) < 4.78 is 0. The molecule has 0 spiro atoms. The standard InChI is InChI=1S/C15H21N3O6.H2O/c1-8(2)7-11(15(21)22)17-14(20)12(16)13(19)9-3-5-10(6-4-9)18(23)24;/h3-6,8,11-13,19H,7,16H2,1-2H3,(H,17,20)(H,21,22);1H2/t11-,12+,13-;/m1./s1. The fourth-order valence-electron chi connectivity index (χ4n) is 2.13. The molecule has 1 aromatic carbocycles. The first-order chi connectivity index (χ1) is 11.1. The van der Waals surface area contributed by atoms with Crippen LogP contribution >= 0.6 is 0 Å². The Morgan fingerprint density at radius 1 is 1.28 bits per heavy atom. The van der Waals surface area contributed by atoms with Crippen LogP contribution in [0.25, 0.3) is 0 Å². The molecule has 25 heavy (non-hydrogen) atoms. The lowest BCUT2D eigenvalue weighted by Gasteiger charge is -2.23. The number of nitrogens with zero attached hydrogens (tertiary/aromatic N) is 1. The van der Waals surface area contributed by atoms with Crippen molar-refractivity contribution in [2.45, 2.75) is 38.5 Å². The molecule has 0 fully saturated rings. The van der Waals surface area contributed by atoms with Gasteiger partial charge in [-0.2, -0.15) is 0 Å². The zero-order valence-corrected chi connectivity index (χ0v) is 14.0. The van der Waals surface area contributed by atoms with E-state index < -0.39 is 35.0 Å². The van der Waals surface area contributed by atoms with Gasteiger partial charge in [-0.1, -0.05) is 13.8 Å². The molecule has 1 amide bonds. The van der Waals surface area contributed by atoms with Crippen molar-refractivity contribution >= 4 is 17.6 Å². The molecule has 0 saturated heterocycles. The number of nitro groups is 1. The minimum absolute atomic E-state index is 0. The Kier molecular flexibility index (Phi) is 8.68. The molecule has 0 aromatic heterocycles. The van der Waals surface area contributed by atoms with Crippen LogP contribution in [0.4, 0.5) is 5.69 Å². The second-order valence-electron chi connectivity index (χ2n) is 5.91. The number of carbonyl (C=O) groups is 2. The van der Waals surface area contributed by atoms with E-state index in [9.17, 15) is 29.9 Å². The second-order valence-corrected chi connectivity index (χ2v) is 5.91. The summed E-state index contributed by atoms with van der Waals surface area (Å²) in [6.07, 6.45) is -1.14. The smallest absolute Gasteiger partial charge is 0.281 e. The van der Waals surface area contributed by atoms with Gasteiger partial charge in [0.1, 0.15) is 6.10 Å². The van der Waals surface area contributed by atoms with Gasteiger partial charge < -0.3 is 31.5 Å². The normalized spacial score (nSPS) is 14.1. The summed E-state index contributed by atoms with van der Waals surface area (Å²) >= 11 is 0. The highest BCUT2D eigenvalue weighted by Crippen LogP contribution is 2.19. The molecule has 1 rings (SSSR count). The number of carboxylic acids is 1. The summed E-state index contributed by atoms with van der Waals surface area (Å²) in [5.74, 6) is -2.12. The molecular formula is C15H23N3O7. The number of aliphatic hydroxyl groups excluding tert-OH is 1. The van der Waals surface area contributed by atoms with Crippen LogP contribution in [0.1, 0.15) is 31.9 Å². The number of non-ortho nitro benzene ring substituents is 1. The van der Waals surface area contributed by atoms with Crippen molar-refractivity contribution in [3.05, 3.63) is 39.9 Å². The van der Waals surface area contributed by atoms with E-state index in [2.05, 4.69) is 11.1 Å². The molecule has 0 radical (unpaired) electrons. The third kappa shape index (κ3) is 6.45. The largest absolute Gasteiger partial charge is 0.548 e. The molecular weight excluding hydrogens is 334 g/mol. The number of quaternary nitrogens is 1. The fourth-order valence-corrected chi connectivity index (χ4v) is 2.13. The maximum absolute atomic E-state index is 12.1. The van der Waals surface area contributed by atoms with E-state index in [1.165, 1.54) is 24.3 Å².